The van der Waals surface area contributed by atoms with Crippen LogP contribution in [0, 0.1) is 5.41 Å². The van der Waals surface area contributed by atoms with Gasteiger partial charge in [-0.05, 0) is 35.1 Å². The van der Waals surface area contributed by atoms with Crippen LogP contribution >= 0.6 is 11.3 Å². The van der Waals surface area contributed by atoms with Gasteiger partial charge in [-0.25, -0.2) is 4.98 Å². The number of aromatic nitrogens is 1. The molecule has 2 amide bonds. The Morgan fingerprint density at radius 1 is 1.03 bits per heavy atom. The molecule has 0 spiro atoms. The summed E-state index contributed by atoms with van der Waals surface area (Å²) in [6.45, 7) is 7.47. The number of nitrogens with zero attached hydrogens (tertiary/aromatic N) is 1. The number of methoxy groups -OCH3 is 2. The Morgan fingerprint density at radius 3 is 2.31 bits per heavy atom. The zero-order valence-electron chi connectivity index (χ0n) is 23.2. The number of aliphatic hydroxyl groups is 1. The van der Waals surface area contributed by atoms with Gasteiger partial charge in [0, 0.05) is 6.20 Å². The molecule has 1 aromatic heterocycles. The quantitative estimate of drug-likeness (QED) is 0.287. The molecule has 210 valence electrons. The summed E-state index contributed by atoms with van der Waals surface area (Å²) >= 11 is 1.32. The molecule has 0 bridgehead atoms. The third kappa shape index (κ3) is 7.70. The molecular formula is C29H37N3O6S. The van der Waals surface area contributed by atoms with Crippen LogP contribution in [0.15, 0.2) is 48.7 Å². The number of benzene rings is 2. The van der Waals surface area contributed by atoms with Gasteiger partial charge in [0.1, 0.15) is 18.8 Å². The number of ether oxygens (including phenoxy) is 3. The predicted molar refractivity (Wildman–Crippen MR) is 152 cm³/mol. The highest BCUT2D eigenvalue weighted by Gasteiger charge is 2.32. The number of hydrogen-bond donors (Lipinski definition) is 3. The van der Waals surface area contributed by atoms with Crippen molar-refractivity contribution >= 4 is 28.3 Å². The van der Waals surface area contributed by atoms with Crippen molar-refractivity contribution < 1.29 is 28.9 Å². The normalized spacial score (nSPS) is 12.8. The van der Waals surface area contributed by atoms with E-state index in [0.29, 0.717) is 35.2 Å². The minimum absolute atomic E-state index is 0.257. The Morgan fingerprint density at radius 2 is 1.69 bits per heavy atom. The fraction of sp³-hybridized carbons (Fsp3) is 0.414. The fourth-order valence-corrected chi connectivity index (χ4v) is 4.73. The van der Waals surface area contributed by atoms with E-state index in [1.165, 1.54) is 11.3 Å². The first-order valence-electron chi connectivity index (χ1n) is 12.8. The molecule has 2 aromatic carbocycles. The van der Waals surface area contributed by atoms with Crippen molar-refractivity contribution in [2.24, 2.45) is 5.41 Å². The van der Waals surface area contributed by atoms with E-state index in [0.717, 1.165) is 16.0 Å². The van der Waals surface area contributed by atoms with E-state index in [1.54, 1.807) is 53.3 Å². The first kappa shape index (κ1) is 29.9. The van der Waals surface area contributed by atoms with Gasteiger partial charge >= 0.3 is 0 Å². The summed E-state index contributed by atoms with van der Waals surface area (Å²) in [6.07, 6.45) is 1.57. The molecule has 0 saturated heterocycles. The van der Waals surface area contributed by atoms with E-state index in [2.05, 4.69) is 15.6 Å². The first-order chi connectivity index (χ1) is 18.6. The first-order valence-corrected chi connectivity index (χ1v) is 13.6. The summed E-state index contributed by atoms with van der Waals surface area (Å²) < 4.78 is 17.0. The average molecular weight is 556 g/mol. The van der Waals surface area contributed by atoms with Crippen molar-refractivity contribution in [2.45, 2.75) is 59.3 Å². The molecule has 0 fully saturated rings. The number of hydrogen-bond acceptors (Lipinski definition) is 8. The van der Waals surface area contributed by atoms with Gasteiger partial charge < -0.3 is 30.0 Å². The van der Waals surface area contributed by atoms with Crippen LogP contribution in [-0.2, 0) is 16.2 Å². The Kier molecular flexibility index (Phi) is 10.3. The topological polar surface area (TPSA) is 119 Å². The number of para-hydroxylation sites is 1. The lowest BCUT2D eigenvalue weighted by Crippen LogP contribution is -2.50. The fourth-order valence-electron chi connectivity index (χ4n) is 3.85. The number of nitrogens with one attached hydrogen (secondary N) is 2. The van der Waals surface area contributed by atoms with E-state index in [4.69, 9.17) is 14.2 Å². The van der Waals surface area contributed by atoms with Gasteiger partial charge in [-0.15, -0.1) is 0 Å². The average Bonchev–Trinajstić information content (AvgIpc) is 3.38. The SMILES string of the molecule is CCC[C@H](NC(=O)[C@@H](O)C(C)(C)C)C(=O)Nc1ncc(-c2ccccc2COc2c(OC)cccc2OC)s1. The van der Waals surface area contributed by atoms with Gasteiger partial charge in [0.15, 0.2) is 16.6 Å². The summed E-state index contributed by atoms with van der Waals surface area (Å²) in [6, 6.07) is 12.4. The highest BCUT2D eigenvalue weighted by Crippen LogP contribution is 2.38. The highest BCUT2D eigenvalue weighted by atomic mass is 32.1. The van der Waals surface area contributed by atoms with Gasteiger partial charge in [0.25, 0.3) is 0 Å². The Balaban J connectivity index is 1.74. The Bertz CT molecular complexity index is 1250. The van der Waals surface area contributed by atoms with Crippen LogP contribution in [0.5, 0.6) is 17.2 Å². The van der Waals surface area contributed by atoms with E-state index in [-0.39, 0.29) is 12.5 Å². The van der Waals surface area contributed by atoms with Gasteiger partial charge in [-0.2, -0.15) is 0 Å². The zero-order chi connectivity index (χ0) is 28.6. The molecule has 39 heavy (non-hydrogen) atoms. The van der Waals surface area contributed by atoms with Gasteiger partial charge in [-0.3, -0.25) is 9.59 Å². The third-order valence-electron chi connectivity index (χ3n) is 6.05. The number of aliphatic hydroxyl groups excluding tert-OH is 1. The lowest BCUT2D eigenvalue weighted by molar-refractivity contribution is -0.137. The Labute approximate surface area is 233 Å². The number of carbonyl (C=O) groups is 2. The number of anilines is 1. The molecular weight excluding hydrogens is 518 g/mol. The third-order valence-corrected chi connectivity index (χ3v) is 7.00. The summed E-state index contributed by atoms with van der Waals surface area (Å²) in [4.78, 5) is 30.8. The molecule has 1 heterocycles. The van der Waals surface area contributed by atoms with Gasteiger partial charge in [-0.1, -0.05) is 75.8 Å². The second kappa shape index (κ2) is 13.4. The second-order valence-corrected chi connectivity index (χ2v) is 11.1. The van der Waals surface area contributed by atoms with E-state index in [9.17, 15) is 14.7 Å². The van der Waals surface area contributed by atoms with Crippen LogP contribution in [0.3, 0.4) is 0 Å². The summed E-state index contributed by atoms with van der Waals surface area (Å²) in [5, 5.41) is 16.2. The molecule has 0 unspecified atom stereocenters. The van der Waals surface area contributed by atoms with Crippen LogP contribution in [0.4, 0.5) is 5.13 Å². The molecule has 3 aromatic rings. The highest BCUT2D eigenvalue weighted by molar-refractivity contribution is 7.19. The van der Waals surface area contributed by atoms with Gasteiger partial charge in [0.05, 0.1) is 19.1 Å². The second-order valence-electron chi connectivity index (χ2n) is 10.1. The number of rotatable bonds is 12. The molecule has 0 aliphatic carbocycles. The molecule has 9 nitrogen and oxygen atoms in total. The maximum absolute atomic E-state index is 13.0. The van der Waals surface area contributed by atoms with Crippen LogP contribution in [0.1, 0.15) is 46.1 Å². The molecule has 3 N–H and O–H groups in total. The van der Waals surface area contributed by atoms with Crippen LogP contribution in [-0.4, -0.2) is 48.3 Å². The van der Waals surface area contributed by atoms with E-state index in [1.807, 2.05) is 37.3 Å². The van der Waals surface area contributed by atoms with E-state index < -0.39 is 23.5 Å². The number of carbonyl (C=O) groups excluding carboxylic acids is 2. The zero-order valence-corrected chi connectivity index (χ0v) is 24.1. The maximum atomic E-state index is 13.0. The molecule has 3 rings (SSSR count). The van der Waals surface area contributed by atoms with Crippen LogP contribution < -0.4 is 24.8 Å². The molecule has 0 radical (unpaired) electrons. The molecule has 0 aliphatic heterocycles. The minimum Gasteiger partial charge on any atom is -0.493 e. The number of amides is 2. The number of thiazole rings is 1. The van der Waals surface area contributed by atoms with Crippen molar-refractivity contribution in [1.29, 1.82) is 0 Å². The lowest BCUT2D eigenvalue weighted by atomic mass is 9.88. The molecule has 2 atom stereocenters. The van der Waals surface area contributed by atoms with E-state index >= 15 is 0 Å². The summed E-state index contributed by atoms with van der Waals surface area (Å²) in [5.41, 5.74) is 1.19. The Hall–Kier alpha value is -3.63. The monoisotopic (exact) mass is 555 g/mol. The summed E-state index contributed by atoms with van der Waals surface area (Å²) in [7, 11) is 3.15. The van der Waals surface area contributed by atoms with Crippen molar-refractivity contribution in [3.63, 3.8) is 0 Å². The van der Waals surface area contributed by atoms with Crippen molar-refractivity contribution in [3.8, 4) is 27.7 Å². The standard InChI is InChI=1S/C29H37N3O6S/c1-7-11-20(31-27(35)25(33)29(2,3)4)26(34)32-28-30-16-23(39-28)19-13-9-8-12-18(19)17-38-24-21(36-5)14-10-15-22(24)37-6/h8-10,12-16,20,25,33H,7,11,17H2,1-6H3,(H,31,35)(H,30,32,34)/t20-,25+/m0/s1. The molecule has 0 aliphatic rings. The minimum atomic E-state index is -1.23. The lowest BCUT2D eigenvalue weighted by Gasteiger charge is -2.26. The maximum Gasteiger partial charge on any atom is 0.250 e. The molecule has 10 heteroatoms. The smallest absolute Gasteiger partial charge is 0.250 e. The van der Waals surface area contributed by atoms with Crippen molar-refractivity contribution in [3.05, 3.63) is 54.2 Å². The largest absolute Gasteiger partial charge is 0.493 e. The predicted octanol–water partition coefficient (Wildman–Crippen LogP) is 5.04. The molecule has 0 saturated carbocycles. The van der Waals surface area contributed by atoms with Gasteiger partial charge in [0.2, 0.25) is 17.6 Å². The van der Waals surface area contributed by atoms with Crippen molar-refractivity contribution in [1.82, 2.24) is 10.3 Å². The van der Waals surface area contributed by atoms with Crippen molar-refractivity contribution in [2.75, 3.05) is 19.5 Å². The van der Waals surface area contributed by atoms with Crippen LogP contribution in [0.25, 0.3) is 10.4 Å². The van der Waals surface area contributed by atoms with Crippen LogP contribution in [0.2, 0.25) is 0 Å². The summed E-state index contributed by atoms with van der Waals surface area (Å²) in [5.74, 6) is 0.690.